The molecule has 1 heterocycles. The molecule has 59 valence electrons. The second-order valence-corrected chi connectivity index (χ2v) is 3.69. The van der Waals surface area contributed by atoms with E-state index in [4.69, 9.17) is 5.26 Å². The monoisotopic (exact) mass is 175 g/mol. The van der Waals surface area contributed by atoms with Crippen LogP contribution in [0.25, 0.3) is 0 Å². The normalized spacial score (nSPS) is 13.4. The lowest BCUT2D eigenvalue weighted by Crippen LogP contribution is -1.82. The number of nitriles is 1. The highest BCUT2D eigenvalue weighted by molar-refractivity contribution is 8.14. The van der Waals surface area contributed by atoms with Crippen molar-refractivity contribution in [2.24, 2.45) is 4.99 Å². The average molecular weight is 175 g/mol. The van der Waals surface area contributed by atoms with Gasteiger partial charge in [-0.25, -0.2) is 4.99 Å². The summed E-state index contributed by atoms with van der Waals surface area (Å²) in [6, 6.07) is 10.1. The molecular weight excluding hydrogens is 168 g/mol. The van der Waals surface area contributed by atoms with Crippen LogP contribution in [0, 0.1) is 11.3 Å². The van der Waals surface area contributed by atoms with E-state index in [1.54, 1.807) is 0 Å². The zero-order chi connectivity index (χ0) is 8.39. The van der Waals surface area contributed by atoms with Crippen molar-refractivity contribution in [1.82, 2.24) is 0 Å². The maximum atomic E-state index is 8.47. The molecule has 2 rings (SSSR count). The van der Waals surface area contributed by atoms with Crippen molar-refractivity contribution < 1.29 is 0 Å². The molecule has 12 heavy (non-hydrogen) atoms. The fourth-order valence-electron chi connectivity index (χ4n) is 1.11. The summed E-state index contributed by atoms with van der Waals surface area (Å²) in [4.78, 5) is 5.53. The van der Waals surface area contributed by atoms with Gasteiger partial charge in [-0.05, 0) is 12.1 Å². The number of hydrogen-bond acceptors (Lipinski definition) is 2. The summed E-state index contributed by atoms with van der Waals surface area (Å²) < 4.78 is 0. The Morgan fingerprint density at radius 2 is 2.25 bits per heavy atom. The van der Waals surface area contributed by atoms with E-state index in [0.29, 0.717) is 6.42 Å². The van der Waals surface area contributed by atoms with Crippen LogP contribution in [0.1, 0.15) is 6.42 Å². The minimum absolute atomic E-state index is 0.441. The van der Waals surface area contributed by atoms with Crippen LogP contribution in [0.15, 0.2) is 34.2 Å². The van der Waals surface area contributed by atoms with Crippen molar-refractivity contribution in [2.45, 2.75) is 11.3 Å². The third-order valence-electron chi connectivity index (χ3n) is 1.62. The molecule has 1 aliphatic rings. The molecule has 0 aliphatic carbocycles. The first-order valence-electron chi connectivity index (χ1n) is 3.65. The van der Waals surface area contributed by atoms with Gasteiger partial charge < -0.3 is 0 Å². The van der Waals surface area contributed by atoms with Gasteiger partial charge in [0.25, 0.3) is 0 Å². The largest absolute Gasteiger partial charge is 0.245 e. The fourth-order valence-corrected chi connectivity index (χ4v) is 2.09. The molecule has 0 spiro atoms. The molecule has 1 aliphatic heterocycles. The third kappa shape index (κ3) is 1.21. The standard InChI is InChI=1S/C9H7N2S/c10-6-5-9-11-7-3-1-2-4-8(7)12-9/h1-4,12H,5H2. The highest BCUT2D eigenvalue weighted by Gasteiger charge is 2.11. The van der Waals surface area contributed by atoms with Crippen LogP contribution >= 0.6 is 11.8 Å². The summed E-state index contributed by atoms with van der Waals surface area (Å²) in [5.41, 5.74) is 1.02. The van der Waals surface area contributed by atoms with Crippen molar-refractivity contribution in [3.8, 4) is 6.07 Å². The Labute approximate surface area is 74.9 Å². The summed E-state index contributed by atoms with van der Waals surface area (Å²) >= 11 is 1.10. The number of rotatable bonds is 1. The highest BCUT2D eigenvalue weighted by atomic mass is 32.2. The predicted octanol–water partition coefficient (Wildman–Crippen LogP) is 2.47. The number of thiol groups is 1. The second-order valence-electron chi connectivity index (χ2n) is 2.46. The molecule has 1 aromatic carbocycles. The van der Waals surface area contributed by atoms with Gasteiger partial charge in [-0.3, -0.25) is 0 Å². The van der Waals surface area contributed by atoms with Gasteiger partial charge in [-0.15, -0.1) is 11.8 Å². The summed E-state index contributed by atoms with van der Waals surface area (Å²) in [6.45, 7) is 0. The lowest BCUT2D eigenvalue weighted by molar-refractivity contribution is 1.38. The zero-order valence-corrected chi connectivity index (χ0v) is 7.25. The van der Waals surface area contributed by atoms with Gasteiger partial charge in [-0.2, -0.15) is 5.26 Å². The van der Waals surface area contributed by atoms with Gasteiger partial charge >= 0.3 is 0 Å². The molecule has 0 atom stereocenters. The first kappa shape index (κ1) is 7.38. The number of benzene rings is 1. The van der Waals surface area contributed by atoms with Crippen LogP contribution < -0.4 is 0 Å². The van der Waals surface area contributed by atoms with E-state index < -0.39 is 0 Å². The van der Waals surface area contributed by atoms with Crippen LogP contribution in [0.5, 0.6) is 0 Å². The van der Waals surface area contributed by atoms with Crippen molar-refractivity contribution in [3.63, 3.8) is 0 Å². The third-order valence-corrected chi connectivity index (χ3v) is 2.75. The summed E-state index contributed by atoms with van der Waals surface area (Å²) in [7, 11) is 0. The quantitative estimate of drug-likeness (QED) is 0.654. The van der Waals surface area contributed by atoms with Gasteiger partial charge in [0.15, 0.2) is 0 Å². The lowest BCUT2D eigenvalue weighted by Gasteiger charge is -1.93. The predicted molar refractivity (Wildman–Crippen MR) is 51.0 cm³/mol. The molecule has 0 N–H and O–H groups in total. The molecule has 1 aromatic rings. The number of aliphatic imine (C=N–C) groups is 1. The number of hydrogen-bond donors (Lipinski definition) is 1. The van der Waals surface area contributed by atoms with Gasteiger partial charge in [0, 0.05) is 4.90 Å². The van der Waals surface area contributed by atoms with Crippen molar-refractivity contribution >= 4 is 22.5 Å². The summed E-state index contributed by atoms with van der Waals surface area (Å²) in [6.07, 6.45) is 0.441. The first-order valence-corrected chi connectivity index (χ1v) is 4.55. The molecule has 0 aromatic heterocycles. The average Bonchev–Trinajstić information content (AvgIpc) is 2.47. The van der Waals surface area contributed by atoms with Gasteiger partial charge in [0.05, 0.1) is 23.2 Å². The minimum atomic E-state index is 0.441. The fraction of sp³-hybridized carbons (Fsp3) is 0.111. The van der Waals surface area contributed by atoms with Gasteiger partial charge in [0.1, 0.15) is 0 Å². The second kappa shape index (κ2) is 3.00. The first-order chi connectivity index (χ1) is 5.90. The topological polar surface area (TPSA) is 36.1 Å². The molecule has 3 heteroatoms. The molecule has 1 radical (unpaired) electrons. The molecule has 0 amide bonds. The molecule has 0 unspecified atom stereocenters. The number of para-hydroxylation sites is 1. The smallest absolute Gasteiger partial charge is 0.0829 e. The van der Waals surface area contributed by atoms with Crippen LogP contribution in [0.4, 0.5) is 5.69 Å². The van der Waals surface area contributed by atoms with Crippen molar-refractivity contribution in [1.29, 1.82) is 5.26 Å². The molecular formula is C9H7N2S. The minimum Gasteiger partial charge on any atom is -0.245 e. The lowest BCUT2D eigenvalue weighted by atomic mass is 10.3. The number of fused-ring (bicyclic) bond motifs is 1. The molecule has 0 fully saturated rings. The van der Waals surface area contributed by atoms with E-state index in [1.165, 1.54) is 4.90 Å². The Morgan fingerprint density at radius 1 is 1.42 bits per heavy atom. The maximum absolute atomic E-state index is 8.47. The van der Waals surface area contributed by atoms with Crippen LogP contribution in [-0.2, 0) is 0 Å². The van der Waals surface area contributed by atoms with E-state index in [0.717, 1.165) is 22.5 Å². The molecule has 0 saturated heterocycles. The van der Waals surface area contributed by atoms with Crippen LogP contribution in [-0.4, -0.2) is 5.04 Å². The Hall–Kier alpha value is -1.27. The van der Waals surface area contributed by atoms with E-state index >= 15 is 0 Å². The van der Waals surface area contributed by atoms with E-state index in [9.17, 15) is 0 Å². The number of nitrogens with zero attached hydrogens (tertiary/aromatic N) is 2. The summed E-state index contributed by atoms with van der Waals surface area (Å²) in [5.74, 6) is 0. The van der Waals surface area contributed by atoms with E-state index in [-0.39, 0.29) is 0 Å². The Bertz CT molecular complexity index is 376. The maximum Gasteiger partial charge on any atom is 0.0829 e. The van der Waals surface area contributed by atoms with Crippen LogP contribution in [0.3, 0.4) is 0 Å². The zero-order valence-electron chi connectivity index (χ0n) is 6.36. The molecule has 0 saturated carbocycles. The van der Waals surface area contributed by atoms with Gasteiger partial charge in [0.2, 0.25) is 0 Å². The molecule has 0 bridgehead atoms. The molecule has 2 nitrogen and oxygen atoms in total. The van der Waals surface area contributed by atoms with Crippen LogP contribution in [0.2, 0.25) is 0 Å². The summed E-state index contributed by atoms with van der Waals surface area (Å²) in [5, 5.41) is 9.43. The Kier molecular flexibility index (Phi) is 1.84. The van der Waals surface area contributed by atoms with Gasteiger partial charge in [-0.1, -0.05) is 12.1 Å². The van der Waals surface area contributed by atoms with E-state index in [1.807, 2.05) is 24.3 Å². The Morgan fingerprint density at radius 3 is 3.00 bits per heavy atom. The van der Waals surface area contributed by atoms with Crippen molar-refractivity contribution in [3.05, 3.63) is 24.3 Å². The highest BCUT2D eigenvalue weighted by Crippen LogP contribution is 2.37. The Balaban J connectivity index is 2.30. The van der Waals surface area contributed by atoms with E-state index in [2.05, 4.69) is 11.1 Å². The SMILES string of the molecule is N#CCC1=Nc2ccccc2[SH]1. The van der Waals surface area contributed by atoms with Crippen molar-refractivity contribution in [2.75, 3.05) is 0 Å².